The normalized spacial score (nSPS) is 20.8. The first kappa shape index (κ1) is 15.0. The molecule has 1 fully saturated rings. The first-order chi connectivity index (χ1) is 9.43. The van der Waals surface area contributed by atoms with Gasteiger partial charge in [-0.2, -0.15) is 13.2 Å². The largest absolute Gasteiger partial charge is 0.418 e. The van der Waals surface area contributed by atoms with E-state index in [0.717, 1.165) is 31.7 Å². The van der Waals surface area contributed by atoms with E-state index in [0.29, 0.717) is 12.2 Å². The summed E-state index contributed by atoms with van der Waals surface area (Å²) >= 11 is 0. The van der Waals surface area contributed by atoms with Crippen LogP contribution in [0.25, 0.3) is 0 Å². The number of aliphatic hydroxyl groups excluding tert-OH is 1. The second kappa shape index (κ2) is 5.91. The van der Waals surface area contributed by atoms with Crippen LogP contribution in [0.4, 0.5) is 24.5 Å². The Bertz CT molecular complexity index is 462. The molecule has 0 aromatic heterocycles. The molecule has 0 spiro atoms. The molecule has 1 unspecified atom stereocenters. The molecule has 20 heavy (non-hydrogen) atoms. The Morgan fingerprint density at radius 3 is 2.65 bits per heavy atom. The van der Waals surface area contributed by atoms with Crippen molar-refractivity contribution in [3.63, 3.8) is 0 Å². The van der Waals surface area contributed by atoms with Gasteiger partial charge in [0, 0.05) is 17.9 Å². The predicted molar refractivity (Wildman–Crippen MR) is 72.5 cm³/mol. The number of rotatable bonds is 2. The Hall–Kier alpha value is -1.43. The van der Waals surface area contributed by atoms with E-state index >= 15 is 0 Å². The highest BCUT2D eigenvalue weighted by atomic mass is 19.4. The first-order valence-corrected chi connectivity index (χ1v) is 6.77. The van der Waals surface area contributed by atoms with Gasteiger partial charge in [0.1, 0.15) is 0 Å². The van der Waals surface area contributed by atoms with Crippen molar-refractivity contribution in [2.24, 2.45) is 0 Å². The molecule has 3 nitrogen and oxygen atoms in total. The van der Waals surface area contributed by atoms with Crippen molar-refractivity contribution in [2.45, 2.75) is 37.9 Å². The molecule has 1 atom stereocenters. The molecular weight excluding hydrogens is 269 g/mol. The minimum atomic E-state index is -4.46. The van der Waals surface area contributed by atoms with E-state index in [4.69, 9.17) is 5.73 Å². The van der Waals surface area contributed by atoms with E-state index in [1.54, 1.807) is 6.07 Å². The lowest BCUT2D eigenvalue weighted by Crippen LogP contribution is -2.37. The molecule has 6 heteroatoms. The standard InChI is InChI=1S/C14H19F3N2O/c15-14(16,17)12-8-10(5-6-13(12)18)19-7-3-1-2-4-11(19)9-20/h5-6,8,11,20H,1-4,7,9,18H2. The Morgan fingerprint density at radius 1 is 1.25 bits per heavy atom. The maximum atomic E-state index is 12.9. The molecule has 0 radical (unpaired) electrons. The second-order valence-corrected chi connectivity index (χ2v) is 5.15. The van der Waals surface area contributed by atoms with E-state index < -0.39 is 11.7 Å². The van der Waals surface area contributed by atoms with Crippen LogP contribution < -0.4 is 10.6 Å². The molecule has 1 aliphatic rings. The minimum Gasteiger partial charge on any atom is -0.398 e. The van der Waals surface area contributed by atoms with E-state index in [2.05, 4.69) is 0 Å². The van der Waals surface area contributed by atoms with Crippen LogP contribution in [0.15, 0.2) is 18.2 Å². The molecule has 2 rings (SSSR count). The molecular formula is C14H19F3N2O. The number of alkyl halides is 3. The SMILES string of the molecule is Nc1ccc(N2CCCCCC2CO)cc1C(F)(F)F. The number of nitrogens with zero attached hydrogens (tertiary/aromatic N) is 1. The fraction of sp³-hybridized carbons (Fsp3) is 0.571. The molecule has 1 aromatic carbocycles. The van der Waals surface area contributed by atoms with Gasteiger partial charge in [-0.15, -0.1) is 0 Å². The lowest BCUT2D eigenvalue weighted by atomic mass is 10.1. The van der Waals surface area contributed by atoms with E-state index in [9.17, 15) is 18.3 Å². The topological polar surface area (TPSA) is 49.5 Å². The third-order valence-corrected chi connectivity index (χ3v) is 3.76. The van der Waals surface area contributed by atoms with Crippen LogP contribution in [0.5, 0.6) is 0 Å². The maximum Gasteiger partial charge on any atom is 0.418 e. The van der Waals surface area contributed by atoms with Gasteiger partial charge >= 0.3 is 6.18 Å². The number of aliphatic hydroxyl groups is 1. The number of halogens is 3. The summed E-state index contributed by atoms with van der Waals surface area (Å²) in [6, 6.07) is 3.85. The third-order valence-electron chi connectivity index (χ3n) is 3.76. The highest BCUT2D eigenvalue weighted by Crippen LogP contribution is 2.37. The lowest BCUT2D eigenvalue weighted by Gasteiger charge is -2.31. The number of benzene rings is 1. The van der Waals surface area contributed by atoms with Crippen LogP contribution in [0.1, 0.15) is 31.2 Å². The maximum absolute atomic E-state index is 12.9. The van der Waals surface area contributed by atoms with Gasteiger partial charge in [0.05, 0.1) is 18.2 Å². The van der Waals surface area contributed by atoms with E-state index in [-0.39, 0.29) is 18.3 Å². The number of hydrogen-bond acceptors (Lipinski definition) is 3. The number of nitrogen functional groups attached to an aromatic ring is 1. The van der Waals surface area contributed by atoms with E-state index in [1.807, 2.05) is 4.90 Å². The van der Waals surface area contributed by atoms with Gasteiger partial charge in [-0.3, -0.25) is 0 Å². The van der Waals surface area contributed by atoms with Crippen molar-refractivity contribution < 1.29 is 18.3 Å². The Balaban J connectivity index is 2.35. The van der Waals surface area contributed by atoms with Gasteiger partial charge in [0.2, 0.25) is 0 Å². The predicted octanol–water partition coefficient (Wildman–Crippen LogP) is 3.03. The highest BCUT2D eigenvalue weighted by Gasteiger charge is 2.34. The lowest BCUT2D eigenvalue weighted by molar-refractivity contribution is -0.136. The summed E-state index contributed by atoms with van der Waals surface area (Å²) in [7, 11) is 0. The van der Waals surface area contributed by atoms with Gasteiger partial charge in [0.25, 0.3) is 0 Å². The fourth-order valence-corrected chi connectivity index (χ4v) is 2.68. The molecule has 0 bridgehead atoms. The van der Waals surface area contributed by atoms with Crippen LogP contribution >= 0.6 is 0 Å². The van der Waals surface area contributed by atoms with Crippen LogP contribution in [0.2, 0.25) is 0 Å². The van der Waals surface area contributed by atoms with Crippen LogP contribution in [-0.4, -0.2) is 24.3 Å². The summed E-state index contributed by atoms with van der Waals surface area (Å²) in [5, 5.41) is 9.44. The number of hydrogen-bond donors (Lipinski definition) is 2. The molecule has 3 N–H and O–H groups in total. The molecule has 0 amide bonds. The zero-order valence-electron chi connectivity index (χ0n) is 11.2. The third kappa shape index (κ3) is 3.17. The van der Waals surface area contributed by atoms with Gasteiger partial charge in [-0.25, -0.2) is 0 Å². The summed E-state index contributed by atoms with van der Waals surface area (Å²) in [6.45, 7) is 0.609. The molecule has 0 saturated carbocycles. The summed E-state index contributed by atoms with van der Waals surface area (Å²) in [5.74, 6) is 0. The van der Waals surface area contributed by atoms with Crippen LogP contribution in [0, 0.1) is 0 Å². The van der Waals surface area contributed by atoms with Crippen LogP contribution in [0.3, 0.4) is 0 Å². The number of anilines is 2. The summed E-state index contributed by atoms with van der Waals surface area (Å²) in [5.41, 5.74) is 4.82. The highest BCUT2D eigenvalue weighted by molar-refractivity contribution is 5.60. The Kier molecular flexibility index (Phi) is 4.42. The second-order valence-electron chi connectivity index (χ2n) is 5.15. The summed E-state index contributed by atoms with van der Waals surface area (Å²) < 4.78 is 38.7. The van der Waals surface area contributed by atoms with Crippen molar-refractivity contribution in [1.29, 1.82) is 0 Å². The number of nitrogens with two attached hydrogens (primary N) is 1. The smallest absolute Gasteiger partial charge is 0.398 e. The molecule has 1 saturated heterocycles. The molecule has 1 aromatic rings. The monoisotopic (exact) mass is 288 g/mol. The minimum absolute atomic E-state index is 0.0499. The molecule has 1 heterocycles. The molecule has 1 aliphatic heterocycles. The van der Waals surface area contributed by atoms with Gasteiger partial charge < -0.3 is 15.7 Å². The quantitative estimate of drug-likeness (QED) is 0.822. The zero-order chi connectivity index (χ0) is 14.8. The Labute approximate surface area is 116 Å². The van der Waals surface area contributed by atoms with Gasteiger partial charge in [0.15, 0.2) is 0 Å². The van der Waals surface area contributed by atoms with Crippen LogP contribution in [-0.2, 0) is 6.18 Å². The average molecular weight is 288 g/mol. The first-order valence-electron chi connectivity index (χ1n) is 6.77. The zero-order valence-corrected chi connectivity index (χ0v) is 11.2. The van der Waals surface area contributed by atoms with Crippen molar-refractivity contribution in [3.05, 3.63) is 23.8 Å². The van der Waals surface area contributed by atoms with Crippen molar-refractivity contribution in [3.8, 4) is 0 Å². The van der Waals surface area contributed by atoms with Crippen molar-refractivity contribution in [1.82, 2.24) is 0 Å². The van der Waals surface area contributed by atoms with Gasteiger partial charge in [-0.05, 0) is 31.0 Å². The molecule has 0 aliphatic carbocycles. The van der Waals surface area contributed by atoms with E-state index in [1.165, 1.54) is 6.07 Å². The summed E-state index contributed by atoms with van der Waals surface area (Å²) in [4.78, 5) is 1.86. The van der Waals surface area contributed by atoms with Gasteiger partial charge in [-0.1, -0.05) is 12.8 Å². The van der Waals surface area contributed by atoms with Crippen molar-refractivity contribution >= 4 is 11.4 Å². The van der Waals surface area contributed by atoms with Crippen molar-refractivity contribution in [2.75, 3.05) is 23.8 Å². The average Bonchev–Trinajstić information content (AvgIpc) is 2.63. The Morgan fingerprint density at radius 2 is 2.00 bits per heavy atom. The molecule has 112 valence electrons. The summed E-state index contributed by atoms with van der Waals surface area (Å²) in [6.07, 6.45) is -0.720. The fourth-order valence-electron chi connectivity index (χ4n) is 2.68.